The second-order valence-corrected chi connectivity index (χ2v) is 9.46. The van der Waals surface area contributed by atoms with Gasteiger partial charge in [0, 0.05) is 16.5 Å². The van der Waals surface area contributed by atoms with Gasteiger partial charge >= 0.3 is 0 Å². The summed E-state index contributed by atoms with van der Waals surface area (Å²) in [5.74, 6) is 0.351. The van der Waals surface area contributed by atoms with Crippen molar-refractivity contribution in [2.24, 2.45) is 0 Å². The van der Waals surface area contributed by atoms with E-state index in [2.05, 4.69) is 26.0 Å². The highest BCUT2D eigenvalue weighted by molar-refractivity contribution is 9.10. The first-order valence-electron chi connectivity index (χ1n) is 7.65. The van der Waals surface area contributed by atoms with Crippen LogP contribution in [0.2, 0.25) is 0 Å². The first-order chi connectivity index (χ1) is 11.9. The molecule has 2 aromatic rings. The SMILES string of the molecule is CC(NS(=O)(=O)c1cccs1)C(=O)NC1CCOc2ccc(Br)cc21. The van der Waals surface area contributed by atoms with E-state index in [1.807, 2.05) is 18.2 Å². The van der Waals surface area contributed by atoms with Crippen molar-refractivity contribution in [1.82, 2.24) is 10.0 Å². The number of nitrogens with one attached hydrogen (secondary N) is 2. The van der Waals surface area contributed by atoms with Crippen LogP contribution in [0.4, 0.5) is 0 Å². The average molecular weight is 445 g/mol. The normalized spacial score (nSPS) is 18.1. The molecule has 0 bridgehead atoms. The van der Waals surface area contributed by atoms with Crippen molar-refractivity contribution in [3.8, 4) is 5.75 Å². The zero-order chi connectivity index (χ0) is 18.0. The predicted octanol–water partition coefficient (Wildman–Crippen LogP) is 2.82. The molecule has 134 valence electrons. The molecule has 2 N–H and O–H groups in total. The van der Waals surface area contributed by atoms with Crippen LogP contribution in [-0.2, 0) is 14.8 Å². The quantitative estimate of drug-likeness (QED) is 0.742. The molecular formula is C16H17BrN2O4S2. The molecule has 1 aromatic heterocycles. The van der Waals surface area contributed by atoms with Crippen LogP contribution in [0.5, 0.6) is 5.75 Å². The molecule has 0 aliphatic carbocycles. The second-order valence-electron chi connectivity index (χ2n) is 5.66. The van der Waals surface area contributed by atoms with Gasteiger partial charge in [-0.15, -0.1) is 11.3 Å². The van der Waals surface area contributed by atoms with Crippen LogP contribution in [-0.4, -0.2) is 27.0 Å². The maximum atomic E-state index is 12.5. The summed E-state index contributed by atoms with van der Waals surface area (Å²) in [5.41, 5.74) is 0.877. The van der Waals surface area contributed by atoms with Gasteiger partial charge in [-0.3, -0.25) is 4.79 Å². The number of carbonyl (C=O) groups excluding carboxylic acids is 1. The van der Waals surface area contributed by atoms with Gasteiger partial charge in [0.25, 0.3) is 10.0 Å². The molecule has 0 spiro atoms. The first-order valence-corrected chi connectivity index (χ1v) is 10.8. The van der Waals surface area contributed by atoms with Gasteiger partial charge in [-0.25, -0.2) is 8.42 Å². The predicted molar refractivity (Wildman–Crippen MR) is 99.2 cm³/mol. The minimum absolute atomic E-state index is 0.187. The Morgan fingerprint density at radius 3 is 2.92 bits per heavy atom. The Balaban J connectivity index is 1.70. The average Bonchev–Trinajstić information content (AvgIpc) is 3.10. The Morgan fingerprint density at radius 1 is 1.40 bits per heavy atom. The van der Waals surface area contributed by atoms with Crippen LogP contribution >= 0.6 is 27.3 Å². The van der Waals surface area contributed by atoms with Gasteiger partial charge in [0.2, 0.25) is 5.91 Å². The fourth-order valence-electron chi connectivity index (χ4n) is 2.57. The van der Waals surface area contributed by atoms with Crippen LogP contribution < -0.4 is 14.8 Å². The summed E-state index contributed by atoms with van der Waals surface area (Å²) in [6.45, 7) is 2.02. The smallest absolute Gasteiger partial charge is 0.250 e. The van der Waals surface area contributed by atoms with Crippen molar-refractivity contribution < 1.29 is 17.9 Å². The van der Waals surface area contributed by atoms with E-state index in [1.165, 1.54) is 13.0 Å². The summed E-state index contributed by atoms with van der Waals surface area (Å²) in [7, 11) is -3.69. The number of hydrogen-bond donors (Lipinski definition) is 2. The maximum Gasteiger partial charge on any atom is 0.250 e. The molecule has 0 saturated heterocycles. The number of ether oxygens (including phenoxy) is 1. The van der Waals surface area contributed by atoms with Gasteiger partial charge in [0.05, 0.1) is 18.7 Å². The molecule has 0 radical (unpaired) electrons. The lowest BCUT2D eigenvalue weighted by atomic mass is 10.0. The highest BCUT2D eigenvalue weighted by Gasteiger charge is 2.27. The molecule has 1 amide bonds. The highest BCUT2D eigenvalue weighted by atomic mass is 79.9. The Bertz CT molecular complexity index is 868. The third kappa shape index (κ3) is 4.22. The van der Waals surface area contributed by atoms with Gasteiger partial charge in [0.1, 0.15) is 9.96 Å². The lowest BCUT2D eigenvalue weighted by Crippen LogP contribution is -2.46. The minimum Gasteiger partial charge on any atom is -0.493 e. The number of thiophene rings is 1. The molecule has 2 atom stereocenters. The molecule has 2 heterocycles. The Labute approximate surface area is 158 Å². The van der Waals surface area contributed by atoms with Crippen molar-refractivity contribution in [3.63, 3.8) is 0 Å². The maximum absolute atomic E-state index is 12.5. The van der Waals surface area contributed by atoms with E-state index in [0.29, 0.717) is 13.0 Å². The molecule has 1 aromatic carbocycles. The molecule has 6 nitrogen and oxygen atoms in total. The van der Waals surface area contributed by atoms with Crippen molar-refractivity contribution in [1.29, 1.82) is 0 Å². The summed E-state index contributed by atoms with van der Waals surface area (Å²) >= 11 is 4.52. The van der Waals surface area contributed by atoms with Crippen LogP contribution in [0.15, 0.2) is 44.4 Å². The number of halogens is 1. The second kappa shape index (κ2) is 7.45. The largest absolute Gasteiger partial charge is 0.493 e. The van der Waals surface area contributed by atoms with Crippen molar-refractivity contribution in [3.05, 3.63) is 45.7 Å². The van der Waals surface area contributed by atoms with Gasteiger partial charge in [-0.2, -0.15) is 4.72 Å². The topological polar surface area (TPSA) is 84.5 Å². The van der Waals surface area contributed by atoms with Crippen LogP contribution in [0.3, 0.4) is 0 Å². The number of sulfonamides is 1. The van der Waals surface area contributed by atoms with Crippen LogP contribution in [0.1, 0.15) is 24.9 Å². The fraction of sp³-hybridized carbons (Fsp3) is 0.312. The van der Waals surface area contributed by atoms with Gasteiger partial charge in [0.15, 0.2) is 0 Å². The number of carbonyl (C=O) groups is 1. The van der Waals surface area contributed by atoms with Gasteiger partial charge in [-0.05, 0) is 36.6 Å². The Morgan fingerprint density at radius 2 is 2.20 bits per heavy atom. The standard InChI is InChI=1S/C16H17BrN2O4S2/c1-10(19-25(21,22)15-3-2-8-24-15)16(20)18-13-6-7-23-14-5-4-11(17)9-12(13)14/h2-5,8-10,13,19H,6-7H2,1H3,(H,18,20). The van der Waals surface area contributed by atoms with Crippen molar-refractivity contribution >= 4 is 43.2 Å². The molecule has 0 fully saturated rings. The van der Waals surface area contributed by atoms with E-state index in [4.69, 9.17) is 4.74 Å². The summed E-state index contributed by atoms with van der Waals surface area (Å²) in [4.78, 5) is 12.5. The van der Waals surface area contributed by atoms with Crippen molar-refractivity contribution in [2.45, 2.75) is 29.6 Å². The number of rotatable bonds is 5. The molecule has 1 aliphatic heterocycles. The lowest BCUT2D eigenvalue weighted by molar-refractivity contribution is -0.123. The molecule has 9 heteroatoms. The van der Waals surface area contributed by atoms with E-state index in [-0.39, 0.29) is 16.2 Å². The zero-order valence-corrected chi connectivity index (χ0v) is 16.6. The minimum atomic E-state index is -3.69. The van der Waals surface area contributed by atoms with E-state index in [0.717, 1.165) is 27.1 Å². The van der Waals surface area contributed by atoms with Crippen molar-refractivity contribution in [2.75, 3.05) is 6.61 Å². The summed E-state index contributed by atoms with van der Waals surface area (Å²) < 4.78 is 33.6. The Hall–Kier alpha value is -1.42. The van der Waals surface area contributed by atoms with E-state index in [9.17, 15) is 13.2 Å². The number of amides is 1. The number of benzene rings is 1. The molecule has 0 saturated carbocycles. The van der Waals surface area contributed by atoms with E-state index in [1.54, 1.807) is 11.4 Å². The Kier molecular flexibility index (Phi) is 5.47. The molecule has 2 unspecified atom stereocenters. The zero-order valence-electron chi connectivity index (χ0n) is 13.4. The summed E-state index contributed by atoms with van der Waals surface area (Å²) in [6.07, 6.45) is 0.625. The monoisotopic (exact) mass is 444 g/mol. The van der Waals surface area contributed by atoms with E-state index >= 15 is 0 Å². The third-order valence-electron chi connectivity index (χ3n) is 3.81. The third-order valence-corrected chi connectivity index (χ3v) is 7.24. The molecule has 3 rings (SSSR count). The highest BCUT2D eigenvalue weighted by Crippen LogP contribution is 2.34. The molecule has 1 aliphatic rings. The summed E-state index contributed by atoms with van der Waals surface area (Å²) in [6, 6.07) is 7.68. The number of fused-ring (bicyclic) bond motifs is 1. The number of hydrogen-bond acceptors (Lipinski definition) is 5. The van der Waals surface area contributed by atoms with Crippen LogP contribution in [0.25, 0.3) is 0 Å². The molecular weight excluding hydrogens is 428 g/mol. The van der Waals surface area contributed by atoms with Gasteiger partial charge < -0.3 is 10.1 Å². The van der Waals surface area contributed by atoms with E-state index < -0.39 is 16.1 Å². The fourth-order valence-corrected chi connectivity index (χ4v) is 5.16. The molecule has 25 heavy (non-hydrogen) atoms. The van der Waals surface area contributed by atoms with Gasteiger partial charge in [-0.1, -0.05) is 22.0 Å². The first kappa shape index (κ1) is 18.4. The van der Waals surface area contributed by atoms with Crippen LogP contribution in [0, 0.1) is 0 Å². The summed E-state index contributed by atoms with van der Waals surface area (Å²) in [5, 5.41) is 4.58. The lowest BCUT2D eigenvalue weighted by Gasteiger charge is -2.28.